The van der Waals surface area contributed by atoms with E-state index >= 15 is 0 Å². The van der Waals surface area contributed by atoms with E-state index in [1.54, 1.807) is 4.68 Å². The second-order valence-electron chi connectivity index (χ2n) is 5.34. The molecule has 1 heterocycles. The van der Waals surface area contributed by atoms with E-state index in [4.69, 9.17) is 0 Å². The smallest absolute Gasteiger partial charge is 0.149 e. The zero-order valence-electron chi connectivity index (χ0n) is 10.3. The minimum absolute atomic E-state index is 0.102. The molecule has 0 aliphatic rings. The van der Waals surface area contributed by atoms with Crippen LogP contribution in [-0.4, -0.2) is 35.4 Å². The third-order valence-corrected chi connectivity index (χ3v) is 2.91. The molecule has 0 N–H and O–H groups in total. The van der Waals surface area contributed by atoms with Crippen molar-refractivity contribution in [1.29, 1.82) is 0 Å². The van der Waals surface area contributed by atoms with Crippen LogP contribution in [0.25, 0.3) is 0 Å². The van der Waals surface area contributed by atoms with Gasteiger partial charge >= 0.3 is 0 Å². The number of hydrogen-bond acceptors (Lipinski definition) is 4. The van der Waals surface area contributed by atoms with Crippen LogP contribution in [0.5, 0.6) is 0 Å². The lowest BCUT2D eigenvalue weighted by molar-refractivity contribution is 0.406. The number of hydrogen-bond donors (Lipinski definition) is 0. The molecule has 0 atom stereocenters. The standard InChI is InChI=1S/C10H19N3O2S/c1-10(2,3)7-9-8-13(12-11-9)5-6-16(4,14)15/h8H,5-7H2,1-4H3. The van der Waals surface area contributed by atoms with E-state index in [1.807, 2.05) is 6.20 Å². The average Bonchev–Trinajstić information content (AvgIpc) is 2.44. The predicted molar refractivity (Wildman–Crippen MR) is 62.9 cm³/mol. The van der Waals surface area contributed by atoms with Gasteiger partial charge in [-0.1, -0.05) is 26.0 Å². The SMILES string of the molecule is CC(C)(C)Cc1cn(CCS(C)(=O)=O)nn1. The molecule has 0 radical (unpaired) electrons. The average molecular weight is 245 g/mol. The molecular formula is C10H19N3O2S. The van der Waals surface area contributed by atoms with Crippen molar-refractivity contribution in [3.05, 3.63) is 11.9 Å². The number of sulfone groups is 1. The van der Waals surface area contributed by atoms with Gasteiger partial charge in [-0.25, -0.2) is 8.42 Å². The third-order valence-electron chi connectivity index (χ3n) is 1.99. The van der Waals surface area contributed by atoms with E-state index in [9.17, 15) is 8.42 Å². The highest BCUT2D eigenvalue weighted by Gasteiger charge is 2.14. The zero-order valence-corrected chi connectivity index (χ0v) is 11.1. The molecule has 0 bridgehead atoms. The summed E-state index contributed by atoms with van der Waals surface area (Å²) in [4.78, 5) is 0. The summed E-state index contributed by atoms with van der Waals surface area (Å²) in [6, 6.07) is 0. The highest BCUT2D eigenvalue weighted by molar-refractivity contribution is 7.90. The summed E-state index contributed by atoms with van der Waals surface area (Å²) in [5, 5.41) is 7.93. The van der Waals surface area contributed by atoms with Gasteiger partial charge in [-0.3, -0.25) is 4.68 Å². The lowest BCUT2D eigenvalue weighted by atomic mass is 9.91. The Kier molecular flexibility index (Phi) is 3.72. The van der Waals surface area contributed by atoms with Crippen molar-refractivity contribution in [3.63, 3.8) is 0 Å². The summed E-state index contributed by atoms with van der Waals surface area (Å²) < 4.78 is 23.5. The van der Waals surface area contributed by atoms with Gasteiger partial charge < -0.3 is 0 Å². The Hall–Kier alpha value is -0.910. The molecule has 0 fully saturated rings. The molecule has 5 nitrogen and oxygen atoms in total. The van der Waals surface area contributed by atoms with Crippen molar-refractivity contribution in [3.8, 4) is 0 Å². The quantitative estimate of drug-likeness (QED) is 0.791. The molecule has 6 heteroatoms. The van der Waals surface area contributed by atoms with Crippen LogP contribution in [0.3, 0.4) is 0 Å². The van der Waals surface area contributed by atoms with Crippen molar-refractivity contribution in [2.45, 2.75) is 33.7 Å². The molecule has 1 rings (SSSR count). The van der Waals surface area contributed by atoms with Crippen LogP contribution >= 0.6 is 0 Å². The van der Waals surface area contributed by atoms with Crippen molar-refractivity contribution in [1.82, 2.24) is 15.0 Å². The highest BCUT2D eigenvalue weighted by Crippen LogP contribution is 2.18. The number of rotatable bonds is 4. The summed E-state index contributed by atoms with van der Waals surface area (Å²) in [7, 11) is -2.94. The fraction of sp³-hybridized carbons (Fsp3) is 0.800. The molecule has 1 aromatic rings. The molecular weight excluding hydrogens is 226 g/mol. The van der Waals surface area contributed by atoms with Gasteiger partial charge in [0.1, 0.15) is 9.84 Å². The maximum atomic E-state index is 11.0. The topological polar surface area (TPSA) is 64.8 Å². The molecule has 0 saturated heterocycles. The molecule has 0 aliphatic heterocycles. The molecule has 1 aromatic heterocycles. The van der Waals surface area contributed by atoms with Gasteiger partial charge in [0.15, 0.2) is 0 Å². The van der Waals surface area contributed by atoms with Gasteiger partial charge in [-0.15, -0.1) is 5.10 Å². The van der Waals surface area contributed by atoms with E-state index in [-0.39, 0.29) is 11.2 Å². The van der Waals surface area contributed by atoms with Gasteiger partial charge in [0, 0.05) is 12.5 Å². The fourth-order valence-electron chi connectivity index (χ4n) is 1.33. The normalized spacial score (nSPS) is 13.0. The first kappa shape index (κ1) is 13.2. The number of aryl methyl sites for hydroxylation is 1. The lowest BCUT2D eigenvalue weighted by Crippen LogP contribution is -2.11. The van der Waals surface area contributed by atoms with Crippen LogP contribution in [-0.2, 0) is 22.8 Å². The summed E-state index contributed by atoms with van der Waals surface area (Å²) in [6.07, 6.45) is 3.88. The Labute approximate surface area is 96.8 Å². The molecule has 0 saturated carbocycles. The van der Waals surface area contributed by atoms with Gasteiger partial charge in [-0.05, 0) is 11.8 Å². The first-order valence-corrected chi connectivity index (χ1v) is 7.28. The Morgan fingerprint density at radius 1 is 1.38 bits per heavy atom. The zero-order chi connectivity index (χ0) is 12.4. The Bertz CT molecular complexity index is 443. The van der Waals surface area contributed by atoms with E-state index in [1.165, 1.54) is 6.26 Å². The van der Waals surface area contributed by atoms with Crippen molar-refractivity contribution in [2.75, 3.05) is 12.0 Å². The predicted octanol–water partition coefficient (Wildman–Crippen LogP) is 0.911. The van der Waals surface area contributed by atoms with Crippen molar-refractivity contribution >= 4 is 9.84 Å². The summed E-state index contributed by atoms with van der Waals surface area (Å²) in [5.74, 6) is 0.102. The maximum Gasteiger partial charge on any atom is 0.149 e. The highest BCUT2D eigenvalue weighted by atomic mass is 32.2. The van der Waals surface area contributed by atoms with E-state index in [0.29, 0.717) is 6.54 Å². The van der Waals surface area contributed by atoms with E-state index < -0.39 is 9.84 Å². The Morgan fingerprint density at radius 3 is 2.50 bits per heavy atom. The second-order valence-corrected chi connectivity index (χ2v) is 7.60. The Balaban J connectivity index is 2.59. The minimum atomic E-state index is -2.94. The van der Waals surface area contributed by atoms with Gasteiger partial charge in [0.05, 0.1) is 18.0 Å². The van der Waals surface area contributed by atoms with Crippen LogP contribution in [0.2, 0.25) is 0 Å². The Morgan fingerprint density at radius 2 is 2.00 bits per heavy atom. The van der Waals surface area contributed by atoms with Gasteiger partial charge in [0.2, 0.25) is 0 Å². The molecule has 0 spiro atoms. The van der Waals surface area contributed by atoms with Crippen molar-refractivity contribution < 1.29 is 8.42 Å². The van der Waals surface area contributed by atoms with Gasteiger partial charge in [-0.2, -0.15) is 0 Å². The molecule has 92 valence electrons. The van der Waals surface area contributed by atoms with Gasteiger partial charge in [0.25, 0.3) is 0 Å². The van der Waals surface area contributed by atoms with Crippen LogP contribution in [0, 0.1) is 5.41 Å². The maximum absolute atomic E-state index is 11.0. The molecule has 0 aromatic carbocycles. The first-order valence-electron chi connectivity index (χ1n) is 5.22. The summed E-state index contributed by atoms with van der Waals surface area (Å²) in [5.41, 5.74) is 1.07. The van der Waals surface area contributed by atoms with E-state index in [2.05, 4.69) is 31.1 Å². The summed E-state index contributed by atoms with van der Waals surface area (Å²) >= 11 is 0. The molecule has 16 heavy (non-hydrogen) atoms. The van der Waals surface area contributed by atoms with Crippen LogP contribution in [0.4, 0.5) is 0 Å². The lowest BCUT2D eigenvalue weighted by Gasteiger charge is -2.15. The largest absolute Gasteiger partial charge is 0.251 e. The van der Waals surface area contributed by atoms with Crippen LogP contribution in [0.1, 0.15) is 26.5 Å². The van der Waals surface area contributed by atoms with Crippen LogP contribution in [0.15, 0.2) is 6.20 Å². The molecule has 0 aliphatic carbocycles. The monoisotopic (exact) mass is 245 g/mol. The second kappa shape index (κ2) is 4.53. The first-order chi connectivity index (χ1) is 7.16. The third kappa shape index (κ3) is 5.25. The fourth-order valence-corrected chi connectivity index (χ4v) is 1.85. The minimum Gasteiger partial charge on any atom is -0.251 e. The van der Waals surface area contributed by atoms with Crippen LogP contribution < -0.4 is 0 Å². The van der Waals surface area contributed by atoms with E-state index in [0.717, 1.165) is 12.1 Å². The molecule has 0 unspecified atom stereocenters. The van der Waals surface area contributed by atoms with Crippen molar-refractivity contribution in [2.24, 2.45) is 5.41 Å². The summed E-state index contributed by atoms with van der Waals surface area (Å²) in [6.45, 7) is 6.75. The molecule has 0 amide bonds. The number of aromatic nitrogens is 3. The number of nitrogens with zero attached hydrogens (tertiary/aromatic N) is 3.